The van der Waals surface area contributed by atoms with E-state index in [9.17, 15) is 4.79 Å². The van der Waals surface area contributed by atoms with Crippen molar-refractivity contribution in [3.8, 4) is 0 Å². The van der Waals surface area contributed by atoms with Crippen LogP contribution in [-0.2, 0) is 17.9 Å². The number of anilines is 1. The molecule has 3 heterocycles. The van der Waals surface area contributed by atoms with Crippen LogP contribution in [0.1, 0.15) is 18.1 Å². The van der Waals surface area contributed by atoms with Crippen molar-refractivity contribution in [2.75, 3.05) is 39.1 Å². The van der Waals surface area contributed by atoms with Gasteiger partial charge in [0, 0.05) is 51.2 Å². The second kappa shape index (κ2) is 7.82. The third-order valence-electron chi connectivity index (χ3n) is 4.82. The van der Waals surface area contributed by atoms with Crippen LogP contribution in [0.4, 0.5) is 5.69 Å². The van der Waals surface area contributed by atoms with Crippen molar-refractivity contribution >= 4 is 11.6 Å². The molecule has 0 fully saturated rings. The van der Waals surface area contributed by atoms with Crippen molar-refractivity contribution in [1.29, 1.82) is 0 Å². The Morgan fingerprint density at radius 2 is 1.96 bits per heavy atom. The molecule has 0 aromatic carbocycles. The molecule has 26 heavy (non-hydrogen) atoms. The third-order valence-corrected chi connectivity index (χ3v) is 4.82. The third kappa shape index (κ3) is 4.01. The van der Waals surface area contributed by atoms with Crippen LogP contribution in [0.25, 0.3) is 0 Å². The lowest BCUT2D eigenvalue weighted by Crippen LogP contribution is -2.51. The average molecular weight is 357 g/mol. The summed E-state index contributed by atoms with van der Waals surface area (Å²) >= 11 is 0. The number of likely N-dealkylation sites (N-methyl/N-ethyl adjacent to an activating group) is 1. The summed E-state index contributed by atoms with van der Waals surface area (Å²) in [6.07, 6.45) is 4.00. The number of amides is 1. The van der Waals surface area contributed by atoms with Gasteiger partial charge in [0.1, 0.15) is 5.82 Å². The van der Waals surface area contributed by atoms with Crippen LogP contribution in [0.3, 0.4) is 0 Å². The SMILES string of the molecule is Cc1nnc2n1CC(CN(C)C)N(C(=O)CCN(C)c1ccncc1)C2. The molecule has 0 saturated heterocycles. The molecular formula is C18H27N7O. The van der Waals surface area contributed by atoms with Gasteiger partial charge in [0.15, 0.2) is 5.82 Å². The van der Waals surface area contributed by atoms with Gasteiger partial charge in [-0.2, -0.15) is 0 Å². The van der Waals surface area contributed by atoms with E-state index in [1.807, 2.05) is 45.1 Å². The Labute approximate surface area is 154 Å². The van der Waals surface area contributed by atoms with Crippen LogP contribution in [0, 0.1) is 6.92 Å². The maximum absolute atomic E-state index is 13.0. The Morgan fingerprint density at radius 1 is 1.23 bits per heavy atom. The topological polar surface area (TPSA) is 70.4 Å². The van der Waals surface area contributed by atoms with Crippen LogP contribution in [0.5, 0.6) is 0 Å². The Hall–Kier alpha value is -2.48. The fourth-order valence-electron chi connectivity index (χ4n) is 3.37. The van der Waals surface area contributed by atoms with Crippen LogP contribution >= 0.6 is 0 Å². The molecule has 140 valence electrons. The first-order valence-corrected chi connectivity index (χ1v) is 8.89. The van der Waals surface area contributed by atoms with E-state index in [0.29, 0.717) is 19.5 Å². The number of pyridine rings is 1. The first kappa shape index (κ1) is 18.3. The van der Waals surface area contributed by atoms with Crippen LogP contribution in [0.2, 0.25) is 0 Å². The molecular weight excluding hydrogens is 330 g/mol. The van der Waals surface area contributed by atoms with Crippen molar-refractivity contribution in [3.05, 3.63) is 36.2 Å². The standard InChI is InChI=1S/C18H27N7O/c1-14-20-21-17-13-25(16(11-22(2)3)12-24(14)17)18(26)7-10-23(4)15-5-8-19-9-6-15/h5-6,8-9,16H,7,10-13H2,1-4H3. The Bertz CT molecular complexity index is 743. The van der Waals surface area contributed by atoms with E-state index in [1.165, 1.54) is 0 Å². The maximum Gasteiger partial charge on any atom is 0.225 e. The minimum absolute atomic E-state index is 0.130. The van der Waals surface area contributed by atoms with Crippen LogP contribution < -0.4 is 4.90 Å². The number of carbonyl (C=O) groups excluding carboxylic acids is 1. The zero-order valence-electron chi connectivity index (χ0n) is 16.0. The summed E-state index contributed by atoms with van der Waals surface area (Å²) in [5, 5.41) is 8.40. The van der Waals surface area contributed by atoms with Crippen molar-refractivity contribution < 1.29 is 4.79 Å². The fourth-order valence-corrected chi connectivity index (χ4v) is 3.37. The van der Waals surface area contributed by atoms with Crippen LogP contribution in [0.15, 0.2) is 24.5 Å². The highest BCUT2D eigenvalue weighted by molar-refractivity contribution is 5.77. The predicted octanol–water partition coefficient (Wildman–Crippen LogP) is 0.780. The normalized spacial score (nSPS) is 16.7. The van der Waals surface area contributed by atoms with Gasteiger partial charge in [-0.15, -0.1) is 10.2 Å². The predicted molar refractivity (Wildman–Crippen MR) is 99.8 cm³/mol. The highest BCUT2D eigenvalue weighted by Crippen LogP contribution is 2.20. The first-order valence-electron chi connectivity index (χ1n) is 8.89. The Balaban J connectivity index is 1.67. The van der Waals surface area contributed by atoms with Gasteiger partial charge in [0.2, 0.25) is 5.91 Å². The lowest BCUT2D eigenvalue weighted by molar-refractivity contribution is -0.135. The Kier molecular flexibility index (Phi) is 5.51. The van der Waals surface area contributed by atoms with E-state index in [2.05, 4.69) is 29.5 Å². The quantitative estimate of drug-likeness (QED) is 0.761. The zero-order chi connectivity index (χ0) is 18.7. The molecule has 0 bridgehead atoms. The molecule has 8 heteroatoms. The average Bonchev–Trinajstić information content (AvgIpc) is 2.99. The summed E-state index contributed by atoms with van der Waals surface area (Å²) < 4.78 is 2.13. The summed E-state index contributed by atoms with van der Waals surface area (Å²) in [5.41, 5.74) is 1.06. The van der Waals surface area contributed by atoms with Crippen molar-refractivity contribution in [1.82, 2.24) is 29.5 Å². The van der Waals surface area contributed by atoms with Crippen molar-refractivity contribution in [2.45, 2.75) is 32.5 Å². The molecule has 1 aliphatic heterocycles. The molecule has 1 atom stereocenters. The molecule has 0 spiro atoms. The van der Waals surface area contributed by atoms with Crippen molar-refractivity contribution in [2.24, 2.45) is 0 Å². The molecule has 1 aliphatic rings. The molecule has 0 saturated carbocycles. The molecule has 1 unspecified atom stereocenters. The summed E-state index contributed by atoms with van der Waals surface area (Å²) in [6, 6.07) is 4.03. The van der Waals surface area contributed by atoms with Crippen molar-refractivity contribution in [3.63, 3.8) is 0 Å². The number of nitrogens with zero attached hydrogens (tertiary/aromatic N) is 7. The number of carbonyl (C=O) groups is 1. The van der Waals surface area contributed by atoms with E-state index >= 15 is 0 Å². The monoisotopic (exact) mass is 357 g/mol. The van der Waals surface area contributed by atoms with Gasteiger partial charge in [-0.3, -0.25) is 9.78 Å². The largest absolute Gasteiger partial charge is 0.374 e. The van der Waals surface area contributed by atoms with Gasteiger partial charge in [0.25, 0.3) is 0 Å². The van der Waals surface area contributed by atoms with Gasteiger partial charge in [0.05, 0.1) is 12.6 Å². The molecule has 0 radical (unpaired) electrons. The number of hydrogen-bond acceptors (Lipinski definition) is 6. The molecule has 0 N–H and O–H groups in total. The molecule has 1 amide bonds. The number of hydrogen-bond donors (Lipinski definition) is 0. The summed E-state index contributed by atoms with van der Waals surface area (Å²) in [7, 11) is 6.07. The first-order chi connectivity index (χ1) is 12.5. The number of aromatic nitrogens is 4. The van der Waals surface area contributed by atoms with Gasteiger partial charge >= 0.3 is 0 Å². The highest BCUT2D eigenvalue weighted by atomic mass is 16.2. The van der Waals surface area contributed by atoms with E-state index in [1.54, 1.807) is 12.4 Å². The minimum Gasteiger partial charge on any atom is -0.374 e. The molecule has 2 aromatic rings. The smallest absolute Gasteiger partial charge is 0.225 e. The Morgan fingerprint density at radius 3 is 2.65 bits per heavy atom. The van der Waals surface area contributed by atoms with E-state index in [0.717, 1.165) is 30.4 Å². The number of rotatable bonds is 6. The summed E-state index contributed by atoms with van der Waals surface area (Å²) in [5.74, 6) is 1.94. The second-order valence-electron chi connectivity index (χ2n) is 7.09. The molecule has 0 aliphatic carbocycles. The zero-order valence-corrected chi connectivity index (χ0v) is 16.0. The second-order valence-corrected chi connectivity index (χ2v) is 7.09. The lowest BCUT2D eigenvalue weighted by Gasteiger charge is -2.38. The highest BCUT2D eigenvalue weighted by Gasteiger charge is 2.31. The number of fused-ring (bicyclic) bond motifs is 1. The van der Waals surface area contributed by atoms with Gasteiger partial charge in [-0.1, -0.05) is 0 Å². The fraction of sp³-hybridized carbons (Fsp3) is 0.556. The summed E-state index contributed by atoms with van der Waals surface area (Å²) in [6.45, 7) is 4.72. The molecule has 8 nitrogen and oxygen atoms in total. The van der Waals surface area contributed by atoms with Gasteiger partial charge in [-0.25, -0.2) is 0 Å². The molecule has 3 rings (SSSR count). The maximum atomic E-state index is 13.0. The summed E-state index contributed by atoms with van der Waals surface area (Å²) in [4.78, 5) is 23.2. The van der Waals surface area contributed by atoms with Crippen LogP contribution in [-0.4, -0.2) is 75.7 Å². The van der Waals surface area contributed by atoms with E-state index < -0.39 is 0 Å². The molecule has 2 aromatic heterocycles. The lowest BCUT2D eigenvalue weighted by atomic mass is 10.1. The van der Waals surface area contributed by atoms with Gasteiger partial charge < -0.3 is 19.3 Å². The van der Waals surface area contributed by atoms with Gasteiger partial charge in [-0.05, 0) is 33.2 Å². The number of aryl methyl sites for hydroxylation is 1. The van der Waals surface area contributed by atoms with E-state index in [-0.39, 0.29) is 11.9 Å². The minimum atomic E-state index is 0.130. The van der Waals surface area contributed by atoms with E-state index in [4.69, 9.17) is 0 Å².